The summed E-state index contributed by atoms with van der Waals surface area (Å²) in [5.41, 5.74) is 0. The maximum atomic E-state index is 13.0. The van der Waals surface area contributed by atoms with E-state index in [9.17, 15) is 40.5 Å². The van der Waals surface area contributed by atoms with Crippen molar-refractivity contribution in [2.24, 2.45) is 0 Å². The second-order valence-corrected chi connectivity index (χ2v) is 20.1. The van der Waals surface area contributed by atoms with Crippen LogP contribution in [0, 0.1) is 0 Å². The molecule has 0 spiro atoms. The van der Waals surface area contributed by atoms with Crippen molar-refractivity contribution in [2.45, 2.75) is 293 Å². The van der Waals surface area contributed by atoms with Gasteiger partial charge < -0.3 is 64.2 Å². The van der Waals surface area contributed by atoms with Gasteiger partial charge in [-0.1, -0.05) is 179 Å². The minimum Gasteiger partial charge on any atom is -0.457 e. The molecule has 2 aliphatic heterocycles. The number of aliphatic hydroxyl groups is 7. The zero-order chi connectivity index (χ0) is 50.9. The molecule has 2 aliphatic rings. The van der Waals surface area contributed by atoms with Gasteiger partial charge in [-0.3, -0.25) is 4.79 Å². The van der Waals surface area contributed by atoms with Crippen LogP contribution in [0.1, 0.15) is 226 Å². The van der Waals surface area contributed by atoms with Crippen LogP contribution in [0.5, 0.6) is 0 Å². The minimum atomic E-state index is -1.71. The lowest BCUT2D eigenvalue weighted by Gasteiger charge is -2.42. The van der Waals surface area contributed by atoms with Crippen LogP contribution in [0.2, 0.25) is 0 Å². The van der Waals surface area contributed by atoms with Gasteiger partial charge in [0.15, 0.2) is 12.6 Å². The molecule has 0 aromatic heterocycles. The van der Waals surface area contributed by atoms with Crippen molar-refractivity contribution in [1.82, 2.24) is 0 Å². The normalized spacial score (nSPS) is 25.6. The molecule has 0 bridgehead atoms. The molecule has 2 saturated heterocycles. The first kappa shape index (κ1) is 64.6. The third-order valence-electron chi connectivity index (χ3n) is 13.7. The SMILES string of the molecule is CCCCC/C=C\CCCCCCCC(=O)OC(COCCCCCCCCCCCCCC/C=C\CCCCCCCCCC)COC1OC(COC2OC(CO)C(O)C(O)C2O)C(O)C(O)C1O. The number of carbonyl (C=O) groups excluding carboxylic acids is 1. The van der Waals surface area contributed by atoms with E-state index >= 15 is 0 Å². The molecule has 2 fully saturated rings. The molecule has 0 aromatic rings. The molecular weight excluding hydrogens is 897 g/mol. The maximum absolute atomic E-state index is 13.0. The quantitative estimate of drug-likeness (QED) is 0.0172. The van der Waals surface area contributed by atoms with Crippen LogP contribution in [0.15, 0.2) is 24.3 Å². The number of carbonyl (C=O) groups is 1. The maximum Gasteiger partial charge on any atom is 0.306 e. The van der Waals surface area contributed by atoms with E-state index in [0.29, 0.717) is 13.0 Å². The van der Waals surface area contributed by atoms with Gasteiger partial charge >= 0.3 is 5.97 Å². The first-order chi connectivity index (χ1) is 34.1. The Morgan fingerprint density at radius 3 is 1.33 bits per heavy atom. The Bertz CT molecular complexity index is 1250. The molecule has 11 atom stereocenters. The molecular formula is C56H104O14. The topological polar surface area (TPSA) is 214 Å². The molecule has 0 saturated carbocycles. The lowest BCUT2D eigenvalue weighted by molar-refractivity contribution is -0.332. The molecule has 14 nitrogen and oxygen atoms in total. The van der Waals surface area contributed by atoms with Gasteiger partial charge in [-0.15, -0.1) is 0 Å². The van der Waals surface area contributed by atoms with E-state index < -0.39 is 80.7 Å². The van der Waals surface area contributed by atoms with Gasteiger partial charge in [-0.05, 0) is 64.2 Å². The monoisotopic (exact) mass is 1000 g/mol. The summed E-state index contributed by atoms with van der Waals surface area (Å²) in [5.74, 6) is -0.383. The van der Waals surface area contributed by atoms with Crippen molar-refractivity contribution in [3.8, 4) is 0 Å². The number of hydrogen-bond donors (Lipinski definition) is 7. The van der Waals surface area contributed by atoms with Gasteiger partial charge in [0, 0.05) is 13.0 Å². The second-order valence-electron chi connectivity index (χ2n) is 20.1. The highest BCUT2D eigenvalue weighted by molar-refractivity contribution is 5.69. The highest BCUT2D eigenvalue weighted by atomic mass is 16.7. The Kier molecular flexibility index (Phi) is 40.4. The summed E-state index contributed by atoms with van der Waals surface area (Å²) in [6.07, 6.45) is 32.5. The van der Waals surface area contributed by atoms with Gasteiger partial charge in [-0.25, -0.2) is 0 Å². The Labute approximate surface area is 424 Å². The lowest BCUT2D eigenvalue weighted by atomic mass is 9.98. The predicted octanol–water partition coefficient (Wildman–Crippen LogP) is 9.58. The van der Waals surface area contributed by atoms with Crippen molar-refractivity contribution in [3.63, 3.8) is 0 Å². The van der Waals surface area contributed by atoms with Crippen LogP contribution >= 0.6 is 0 Å². The largest absolute Gasteiger partial charge is 0.457 e. The summed E-state index contributed by atoms with van der Waals surface area (Å²) < 4.78 is 34.3. The number of rotatable bonds is 46. The Morgan fingerprint density at radius 1 is 0.457 bits per heavy atom. The smallest absolute Gasteiger partial charge is 0.306 e. The predicted molar refractivity (Wildman–Crippen MR) is 275 cm³/mol. The third kappa shape index (κ3) is 30.6. The molecule has 412 valence electrons. The van der Waals surface area contributed by atoms with Crippen LogP contribution in [-0.2, 0) is 33.2 Å². The van der Waals surface area contributed by atoms with Crippen molar-refractivity contribution in [2.75, 3.05) is 33.0 Å². The molecule has 2 heterocycles. The van der Waals surface area contributed by atoms with E-state index in [1.54, 1.807) is 0 Å². The summed E-state index contributed by atoms with van der Waals surface area (Å²) in [7, 11) is 0. The van der Waals surface area contributed by atoms with Crippen molar-refractivity contribution in [3.05, 3.63) is 24.3 Å². The molecule has 11 unspecified atom stereocenters. The molecule has 7 N–H and O–H groups in total. The van der Waals surface area contributed by atoms with Gasteiger partial charge in [0.1, 0.15) is 54.9 Å². The zero-order valence-corrected chi connectivity index (χ0v) is 44.0. The average Bonchev–Trinajstić information content (AvgIpc) is 3.36. The summed E-state index contributed by atoms with van der Waals surface area (Å²) in [4.78, 5) is 13.0. The minimum absolute atomic E-state index is 0.0609. The molecule has 70 heavy (non-hydrogen) atoms. The summed E-state index contributed by atoms with van der Waals surface area (Å²) in [6.45, 7) is 3.68. The fourth-order valence-electron chi connectivity index (χ4n) is 9.04. The second kappa shape index (κ2) is 43.8. The summed E-state index contributed by atoms with van der Waals surface area (Å²) in [6, 6.07) is 0. The zero-order valence-electron chi connectivity index (χ0n) is 44.0. The van der Waals surface area contributed by atoms with Crippen molar-refractivity contribution in [1.29, 1.82) is 0 Å². The van der Waals surface area contributed by atoms with E-state index in [2.05, 4.69) is 38.2 Å². The van der Waals surface area contributed by atoms with Gasteiger partial charge in [-0.2, -0.15) is 0 Å². The molecule has 0 amide bonds. The van der Waals surface area contributed by atoms with E-state index in [1.807, 2.05) is 0 Å². The Balaban J connectivity index is 1.68. The van der Waals surface area contributed by atoms with Crippen LogP contribution in [0.4, 0.5) is 0 Å². The number of ether oxygens (including phenoxy) is 6. The lowest BCUT2D eigenvalue weighted by Crippen LogP contribution is -2.61. The molecule has 0 aliphatic carbocycles. The van der Waals surface area contributed by atoms with Crippen LogP contribution < -0.4 is 0 Å². The van der Waals surface area contributed by atoms with E-state index in [1.165, 1.54) is 141 Å². The first-order valence-electron chi connectivity index (χ1n) is 28.4. The Hall–Kier alpha value is -1.53. The first-order valence-corrected chi connectivity index (χ1v) is 28.4. The Morgan fingerprint density at radius 2 is 0.843 bits per heavy atom. The number of hydrogen-bond acceptors (Lipinski definition) is 14. The van der Waals surface area contributed by atoms with E-state index in [0.717, 1.165) is 57.8 Å². The highest BCUT2D eigenvalue weighted by Gasteiger charge is 2.47. The molecule has 14 heteroatoms. The van der Waals surface area contributed by atoms with E-state index in [4.69, 9.17) is 28.4 Å². The average molecular weight is 1000 g/mol. The standard InChI is InChI=1S/C56H104O14/c1-3-5-7-9-11-13-15-17-18-19-20-21-22-23-24-25-26-27-28-30-32-34-36-38-40-65-42-45(68-48(58)39-37-35-33-31-29-16-14-12-10-8-6-4-2)43-66-55-54(64)52(62)50(60)47(70-55)44-67-56-53(63)51(61)49(59)46(41-57)69-56/h12,14,19-20,45-47,49-57,59-64H,3-11,13,15-18,21-44H2,1-2H3/b14-12-,20-19-. The van der Waals surface area contributed by atoms with Gasteiger partial charge in [0.05, 0.1) is 26.4 Å². The summed E-state index contributed by atoms with van der Waals surface area (Å²) in [5, 5.41) is 72.2. The molecule has 0 aromatic carbocycles. The van der Waals surface area contributed by atoms with E-state index in [-0.39, 0.29) is 25.6 Å². The summed E-state index contributed by atoms with van der Waals surface area (Å²) >= 11 is 0. The fraction of sp³-hybridized carbons (Fsp3) is 0.911. The third-order valence-corrected chi connectivity index (χ3v) is 13.7. The number of allylic oxidation sites excluding steroid dienone is 4. The van der Waals surface area contributed by atoms with Gasteiger partial charge in [0.25, 0.3) is 0 Å². The molecule has 0 radical (unpaired) electrons. The van der Waals surface area contributed by atoms with Crippen molar-refractivity contribution < 1.29 is 69.0 Å². The van der Waals surface area contributed by atoms with Crippen molar-refractivity contribution >= 4 is 5.97 Å². The number of unbranched alkanes of at least 4 members (excludes halogenated alkanes) is 28. The molecule has 2 rings (SSSR count). The number of aliphatic hydroxyl groups excluding tert-OH is 7. The highest BCUT2D eigenvalue weighted by Crippen LogP contribution is 2.27. The van der Waals surface area contributed by atoms with Crippen LogP contribution in [0.3, 0.4) is 0 Å². The van der Waals surface area contributed by atoms with Crippen LogP contribution in [-0.4, -0.2) is 142 Å². The van der Waals surface area contributed by atoms with Crippen LogP contribution in [0.25, 0.3) is 0 Å². The number of esters is 1. The fourth-order valence-corrected chi connectivity index (χ4v) is 9.04. The van der Waals surface area contributed by atoms with Gasteiger partial charge in [0.2, 0.25) is 0 Å².